The van der Waals surface area contributed by atoms with Crippen molar-refractivity contribution in [2.45, 2.75) is 37.8 Å². The average molecular weight is 278 g/mol. The second-order valence-electron chi connectivity index (χ2n) is 5.50. The molecule has 2 heterocycles. The third kappa shape index (κ3) is 2.67. The SMILES string of the molecule is O=C(N[C@H]1CCCNC1)c1cc([N+](=O)[O-])cn1C1CC1. The third-order valence-electron chi connectivity index (χ3n) is 3.85. The lowest BCUT2D eigenvalue weighted by molar-refractivity contribution is -0.384. The normalized spacial score (nSPS) is 22.5. The van der Waals surface area contributed by atoms with E-state index in [1.165, 1.54) is 12.3 Å². The predicted molar refractivity (Wildman–Crippen MR) is 72.7 cm³/mol. The fourth-order valence-corrected chi connectivity index (χ4v) is 2.64. The number of aromatic nitrogens is 1. The molecule has 1 aliphatic heterocycles. The first-order valence-corrected chi connectivity index (χ1v) is 7.03. The van der Waals surface area contributed by atoms with E-state index in [9.17, 15) is 14.9 Å². The van der Waals surface area contributed by atoms with Crippen LogP contribution in [0.1, 0.15) is 42.2 Å². The first-order chi connectivity index (χ1) is 9.65. The minimum Gasteiger partial charge on any atom is -0.347 e. The maximum absolute atomic E-state index is 12.3. The number of rotatable bonds is 4. The summed E-state index contributed by atoms with van der Waals surface area (Å²) in [6.45, 7) is 1.74. The predicted octanol–water partition coefficient (Wildman–Crippen LogP) is 1.21. The fourth-order valence-electron chi connectivity index (χ4n) is 2.64. The molecule has 1 aromatic heterocycles. The van der Waals surface area contributed by atoms with E-state index in [0.717, 1.165) is 38.8 Å². The lowest BCUT2D eigenvalue weighted by Gasteiger charge is -2.23. The summed E-state index contributed by atoms with van der Waals surface area (Å²) in [5.41, 5.74) is 0.397. The summed E-state index contributed by atoms with van der Waals surface area (Å²) >= 11 is 0. The molecule has 1 saturated carbocycles. The molecule has 7 heteroatoms. The molecule has 2 fully saturated rings. The Morgan fingerprint density at radius 2 is 2.25 bits per heavy atom. The van der Waals surface area contributed by atoms with Crippen molar-refractivity contribution in [3.63, 3.8) is 0 Å². The van der Waals surface area contributed by atoms with E-state index in [1.807, 2.05) is 0 Å². The van der Waals surface area contributed by atoms with E-state index >= 15 is 0 Å². The third-order valence-corrected chi connectivity index (χ3v) is 3.85. The Balaban J connectivity index is 1.77. The zero-order valence-electron chi connectivity index (χ0n) is 11.2. The van der Waals surface area contributed by atoms with E-state index in [0.29, 0.717) is 5.69 Å². The molecule has 2 aliphatic rings. The van der Waals surface area contributed by atoms with Gasteiger partial charge in [0, 0.05) is 24.7 Å². The van der Waals surface area contributed by atoms with Crippen LogP contribution >= 0.6 is 0 Å². The van der Waals surface area contributed by atoms with E-state index in [2.05, 4.69) is 10.6 Å². The molecular formula is C13H18N4O3. The highest BCUT2D eigenvalue weighted by Gasteiger charge is 2.31. The van der Waals surface area contributed by atoms with Gasteiger partial charge in [-0.3, -0.25) is 14.9 Å². The van der Waals surface area contributed by atoms with Crippen LogP contribution in [0.2, 0.25) is 0 Å². The summed E-state index contributed by atoms with van der Waals surface area (Å²) in [5, 5.41) is 17.1. The maximum atomic E-state index is 12.3. The summed E-state index contributed by atoms with van der Waals surface area (Å²) < 4.78 is 1.75. The van der Waals surface area contributed by atoms with E-state index in [4.69, 9.17) is 0 Å². The minimum absolute atomic E-state index is 0.0104. The molecule has 0 aromatic carbocycles. The minimum atomic E-state index is -0.447. The van der Waals surface area contributed by atoms with Gasteiger partial charge in [-0.25, -0.2) is 0 Å². The number of amides is 1. The highest BCUT2D eigenvalue weighted by Crippen LogP contribution is 2.37. The quantitative estimate of drug-likeness (QED) is 0.640. The smallest absolute Gasteiger partial charge is 0.287 e. The van der Waals surface area contributed by atoms with Gasteiger partial charge in [-0.2, -0.15) is 0 Å². The van der Waals surface area contributed by atoms with Crippen LogP contribution in [-0.2, 0) is 0 Å². The Kier molecular flexibility index (Phi) is 3.43. The fraction of sp³-hybridized carbons (Fsp3) is 0.615. The van der Waals surface area contributed by atoms with Crippen molar-refractivity contribution in [2.24, 2.45) is 0 Å². The van der Waals surface area contributed by atoms with Crippen LogP contribution < -0.4 is 10.6 Å². The highest BCUT2D eigenvalue weighted by molar-refractivity contribution is 5.93. The zero-order chi connectivity index (χ0) is 14.1. The van der Waals surface area contributed by atoms with Gasteiger partial charge in [0.2, 0.25) is 0 Å². The van der Waals surface area contributed by atoms with Crippen molar-refractivity contribution in [1.29, 1.82) is 0 Å². The van der Waals surface area contributed by atoms with Gasteiger partial charge in [0.05, 0.1) is 11.1 Å². The van der Waals surface area contributed by atoms with Crippen LogP contribution in [-0.4, -0.2) is 34.5 Å². The second kappa shape index (κ2) is 5.24. The van der Waals surface area contributed by atoms with Crippen molar-refractivity contribution in [2.75, 3.05) is 13.1 Å². The van der Waals surface area contributed by atoms with Crippen LogP contribution in [0.25, 0.3) is 0 Å². The lowest BCUT2D eigenvalue weighted by Crippen LogP contribution is -2.46. The first-order valence-electron chi connectivity index (χ1n) is 7.03. The zero-order valence-corrected chi connectivity index (χ0v) is 11.2. The summed E-state index contributed by atoms with van der Waals surface area (Å²) in [6, 6.07) is 1.73. The molecule has 0 spiro atoms. The van der Waals surface area contributed by atoms with Crippen LogP contribution in [0.15, 0.2) is 12.3 Å². The Bertz CT molecular complexity index is 530. The standard InChI is InChI=1S/C13H18N4O3/c18-13(15-9-2-1-5-14-7-9)12-6-11(17(19)20)8-16(12)10-3-4-10/h6,8-10,14H,1-5,7H2,(H,15,18)/t9-/m0/s1. The van der Waals surface area contributed by atoms with Gasteiger partial charge in [0.25, 0.3) is 11.6 Å². The van der Waals surface area contributed by atoms with Gasteiger partial charge in [0.1, 0.15) is 5.69 Å². The molecule has 1 atom stereocenters. The molecular weight excluding hydrogens is 260 g/mol. The van der Waals surface area contributed by atoms with Gasteiger partial charge in [0.15, 0.2) is 0 Å². The number of nitro groups is 1. The summed E-state index contributed by atoms with van der Waals surface area (Å²) in [6.07, 6.45) is 5.43. The molecule has 0 unspecified atom stereocenters. The van der Waals surface area contributed by atoms with E-state index in [1.54, 1.807) is 4.57 Å². The van der Waals surface area contributed by atoms with Crippen molar-refractivity contribution in [1.82, 2.24) is 15.2 Å². The maximum Gasteiger partial charge on any atom is 0.287 e. The van der Waals surface area contributed by atoms with Gasteiger partial charge < -0.3 is 15.2 Å². The molecule has 0 radical (unpaired) electrons. The largest absolute Gasteiger partial charge is 0.347 e. The molecule has 2 N–H and O–H groups in total. The molecule has 1 aromatic rings. The van der Waals surface area contributed by atoms with Gasteiger partial charge in [-0.15, -0.1) is 0 Å². The Morgan fingerprint density at radius 1 is 1.45 bits per heavy atom. The number of hydrogen-bond donors (Lipinski definition) is 2. The van der Waals surface area contributed by atoms with Crippen molar-refractivity contribution >= 4 is 11.6 Å². The molecule has 108 valence electrons. The average Bonchev–Trinajstić information content (AvgIpc) is 3.18. The Morgan fingerprint density at radius 3 is 2.85 bits per heavy atom. The number of nitrogens with one attached hydrogen (secondary N) is 2. The molecule has 0 bridgehead atoms. The van der Waals surface area contributed by atoms with Crippen LogP contribution in [0.5, 0.6) is 0 Å². The summed E-state index contributed by atoms with van der Waals surface area (Å²) in [7, 11) is 0. The van der Waals surface area contributed by atoms with Crippen LogP contribution in [0.3, 0.4) is 0 Å². The topological polar surface area (TPSA) is 89.2 Å². The van der Waals surface area contributed by atoms with Crippen molar-refractivity contribution < 1.29 is 9.72 Å². The second-order valence-corrected chi connectivity index (χ2v) is 5.50. The van der Waals surface area contributed by atoms with Gasteiger partial charge in [-0.05, 0) is 32.2 Å². The Hall–Kier alpha value is -1.89. The lowest BCUT2D eigenvalue weighted by atomic mass is 10.1. The number of nitrogens with zero attached hydrogens (tertiary/aromatic N) is 2. The van der Waals surface area contributed by atoms with Crippen molar-refractivity contribution in [3.8, 4) is 0 Å². The number of carbonyl (C=O) groups is 1. The molecule has 1 saturated heterocycles. The molecule has 3 rings (SSSR count). The molecule has 1 aliphatic carbocycles. The number of piperidine rings is 1. The van der Waals surface area contributed by atoms with E-state index in [-0.39, 0.29) is 23.7 Å². The monoisotopic (exact) mass is 278 g/mol. The Labute approximate surface area is 116 Å². The van der Waals surface area contributed by atoms with Gasteiger partial charge >= 0.3 is 0 Å². The van der Waals surface area contributed by atoms with E-state index < -0.39 is 4.92 Å². The summed E-state index contributed by atoms with van der Waals surface area (Å²) in [5.74, 6) is -0.210. The van der Waals surface area contributed by atoms with Crippen LogP contribution in [0.4, 0.5) is 5.69 Å². The van der Waals surface area contributed by atoms with Gasteiger partial charge in [-0.1, -0.05) is 0 Å². The highest BCUT2D eigenvalue weighted by atomic mass is 16.6. The molecule has 7 nitrogen and oxygen atoms in total. The number of hydrogen-bond acceptors (Lipinski definition) is 4. The number of carbonyl (C=O) groups excluding carboxylic acids is 1. The molecule has 20 heavy (non-hydrogen) atoms. The summed E-state index contributed by atoms with van der Waals surface area (Å²) in [4.78, 5) is 22.7. The van der Waals surface area contributed by atoms with Crippen molar-refractivity contribution in [3.05, 3.63) is 28.1 Å². The first kappa shape index (κ1) is 13.1. The molecule has 1 amide bonds. The van der Waals surface area contributed by atoms with Crippen LogP contribution in [0, 0.1) is 10.1 Å².